The van der Waals surface area contributed by atoms with Crippen molar-refractivity contribution in [3.05, 3.63) is 16.5 Å². The van der Waals surface area contributed by atoms with Gasteiger partial charge in [-0.2, -0.15) is 0 Å². The van der Waals surface area contributed by atoms with Gasteiger partial charge in [-0.05, 0) is 44.2 Å². The number of nitrogens with zero attached hydrogens (tertiary/aromatic N) is 1. The van der Waals surface area contributed by atoms with Crippen LogP contribution < -0.4 is 5.32 Å². The van der Waals surface area contributed by atoms with E-state index in [-0.39, 0.29) is 11.8 Å². The van der Waals surface area contributed by atoms with Gasteiger partial charge in [0.05, 0.1) is 9.88 Å². The minimum absolute atomic E-state index is 0.0161. The maximum atomic E-state index is 13.2. The number of anilines is 1. The third-order valence-corrected chi connectivity index (χ3v) is 6.06. The molecule has 1 aromatic heterocycles. The number of amides is 2. The third-order valence-electron chi connectivity index (χ3n) is 4.92. The summed E-state index contributed by atoms with van der Waals surface area (Å²) >= 11 is 1.42. The highest BCUT2D eigenvalue weighted by molar-refractivity contribution is 7.18. The maximum absolute atomic E-state index is 13.2. The van der Waals surface area contributed by atoms with E-state index in [1.165, 1.54) is 24.2 Å². The molecule has 4 nitrogen and oxygen atoms in total. The van der Waals surface area contributed by atoms with E-state index >= 15 is 0 Å². The Labute approximate surface area is 148 Å². The molecule has 2 fully saturated rings. The lowest BCUT2D eigenvalue weighted by Gasteiger charge is -2.29. The molecule has 0 unspecified atom stereocenters. The van der Waals surface area contributed by atoms with E-state index in [2.05, 4.69) is 10.2 Å². The summed E-state index contributed by atoms with van der Waals surface area (Å²) in [5.74, 6) is 0.153. The van der Waals surface area contributed by atoms with E-state index in [0.29, 0.717) is 12.1 Å². The molecule has 1 N–H and O–H groups in total. The number of rotatable bonds is 4. The lowest BCUT2D eigenvalue weighted by molar-refractivity contribution is -0.123. The normalized spacial score (nSPS) is 18.7. The average molecular weight is 349 g/mol. The smallest absolute Gasteiger partial charge is 0.264 e. The van der Waals surface area contributed by atoms with Gasteiger partial charge in [0.1, 0.15) is 0 Å². The molecule has 5 heteroatoms. The van der Waals surface area contributed by atoms with Gasteiger partial charge in [-0.3, -0.25) is 9.59 Å². The molecule has 0 bridgehead atoms. The van der Waals surface area contributed by atoms with Crippen molar-refractivity contribution in [2.24, 2.45) is 5.41 Å². The van der Waals surface area contributed by atoms with Crippen LogP contribution in [0.1, 0.15) is 74.5 Å². The summed E-state index contributed by atoms with van der Waals surface area (Å²) in [4.78, 5) is 28.3. The SMILES string of the molecule is Cc1cc(NC(=O)C(C)(C)C)sc1C(=O)N(C1CCCC1)C1CC1. The molecule has 2 aliphatic carbocycles. The molecule has 0 aliphatic heterocycles. The van der Waals surface area contributed by atoms with Crippen LogP contribution in [0.3, 0.4) is 0 Å². The molecular weight excluding hydrogens is 320 g/mol. The highest BCUT2D eigenvalue weighted by atomic mass is 32.1. The van der Waals surface area contributed by atoms with Gasteiger partial charge < -0.3 is 10.2 Å². The summed E-state index contributed by atoms with van der Waals surface area (Å²) in [5, 5.41) is 3.74. The second kappa shape index (κ2) is 6.51. The lowest BCUT2D eigenvalue weighted by atomic mass is 9.96. The zero-order valence-electron chi connectivity index (χ0n) is 15.1. The number of aryl methyl sites for hydroxylation is 1. The van der Waals surface area contributed by atoms with Crippen LogP contribution in [-0.4, -0.2) is 28.8 Å². The Hall–Kier alpha value is -1.36. The van der Waals surface area contributed by atoms with Crippen LogP contribution in [0.2, 0.25) is 0 Å². The van der Waals surface area contributed by atoms with E-state index in [0.717, 1.165) is 41.1 Å². The molecule has 2 amide bonds. The first-order valence-corrected chi connectivity index (χ1v) is 9.83. The van der Waals surface area contributed by atoms with E-state index in [1.807, 2.05) is 33.8 Å². The number of carbonyl (C=O) groups excluding carboxylic acids is 2. The van der Waals surface area contributed by atoms with Crippen molar-refractivity contribution in [3.8, 4) is 0 Å². The Morgan fingerprint density at radius 1 is 1.12 bits per heavy atom. The molecule has 2 aliphatic rings. The minimum Gasteiger partial charge on any atom is -0.332 e. The van der Waals surface area contributed by atoms with Gasteiger partial charge in [-0.1, -0.05) is 33.6 Å². The van der Waals surface area contributed by atoms with Crippen molar-refractivity contribution in [1.82, 2.24) is 4.90 Å². The topological polar surface area (TPSA) is 49.4 Å². The Bertz CT molecular complexity index is 634. The summed E-state index contributed by atoms with van der Waals surface area (Å²) < 4.78 is 0. The van der Waals surface area contributed by atoms with Crippen molar-refractivity contribution in [1.29, 1.82) is 0 Å². The van der Waals surface area contributed by atoms with E-state index in [1.54, 1.807) is 0 Å². The predicted molar refractivity (Wildman–Crippen MR) is 98.6 cm³/mol. The molecule has 0 radical (unpaired) electrons. The molecule has 0 saturated heterocycles. The van der Waals surface area contributed by atoms with Crippen LogP contribution in [0.4, 0.5) is 5.00 Å². The molecule has 0 spiro atoms. The fraction of sp³-hybridized carbons (Fsp3) is 0.684. The van der Waals surface area contributed by atoms with Crippen molar-refractivity contribution < 1.29 is 9.59 Å². The average Bonchev–Trinajstić information content (AvgIpc) is 3.03. The number of hydrogen-bond donors (Lipinski definition) is 1. The predicted octanol–water partition coefficient (Wildman–Crippen LogP) is 4.59. The van der Waals surface area contributed by atoms with Gasteiger partial charge in [0.25, 0.3) is 5.91 Å². The fourth-order valence-electron chi connectivity index (χ4n) is 3.34. The molecule has 0 atom stereocenters. The summed E-state index contributed by atoms with van der Waals surface area (Å²) in [6.45, 7) is 7.65. The summed E-state index contributed by atoms with van der Waals surface area (Å²) in [6, 6.07) is 2.79. The van der Waals surface area contributed by atoms with Crippen LogP contribution in [0.15, 0.2) is 6.07 Å². The van der Waals surface area contributed by atoms with Gasteiger partial charge >= 0.3 is 0 Å². The molecule has 1 aromatic rings. The second-order valence-electron chi connectivity index (χ2n) is 8.21. The molecular formula is C19H28N2O2S. The lowest BCUT2D eigenvalue weighted by Crippen LogP contribution is -2.40. The molecule has 0 aromatic carbocycles. The molecule has 1 heterocycles. The van der Waals surface area contributed by atoms with Crippen molar-refractivity contribution in [2.45, 2.75) is 78.3 Å². The maximum Gasteiger partial charge on any atom is 0.264 e. The Morgan fingerprint density at radius 3 is 2.25 bits per heavy atom. The Morgan fingerprint density at radius 2 is 1.71 bits per heavy atom. The highest BCUT2D eigenvalue weighted by Gasteiger charge is 2.39. The van der Waals surface area contributed by atoms with E-state index in [4.69, 9.17) is 0 Å². The summed E-state index contributed by atoms with van der Waals surface area (Å²) in [5.41, 5.74) is 0.532. The highest BCUT2D eigenvalue weighted by Crippen LogP contribution is 2.38. The van der Waals surface area contributed by atoms with Gasteiger partial charge in [0.15, 0.2) is 0 Å². The number of carbonyl (C=O) groups is 2. The summed E-state index contributed by atoms with van der Waals surface area (Å²) in [7, 11) is 0. The monoisotopic (exact) mass is 348 g/mol. The number of hydrogen-bond acceptors (Lipinski definition) is 3. The Kier molecular flexibility index (Phi) is 4.73. The largest absolute Gasteiger partial charge is 0.332 e. The molecule has 24 heavy (non-hydrogen) atoms. The van der Waals surface area contributed by atoms with E-state index < -0.39 is 5.41 Å². The summed E-state index contributed by atoms with van der Waals surface area (Å²) in [6.07, 6.45) is 7.02. The molecule has 132 valence electrons. The molecule has 3 rings (SSSR count). The van der Waals surface area contributed by atoms with Crippen LogP contribution >= 0.6 is 11.3 Å². The van der Waals surface area contributed by atoms with Crippen LogP contribution in [0.25, 0.3) is 0 Å². The second-order valence-corrected chi connectivity index (χ2v) is 9.26. The van der Waals surface area contributed by atoms with Crippen LogP contribution in [0, 0.1) is 12.3 Å². The number of nitrogens with one attached hydrogen (secondary N) is 1. The van der Waals surface area contributed by atoms with Gasteiger partial charge in [0, 0.05) is 17.5 Å². The van der Waals surface area contributed by atoms with E-state index in [9.17, 15) is 9.59 Å². The number of thiophene rings is 1. The zero-order chi connectivity index (χ0) is 17.5. The first-order valence-electron chi connectivity index (χ1n) is 9.02. The van der Waals surface area contributed by atoms with Crippen molar-refractivity contribution in [3.63, 3.8) is 0 Å². The fourth-order valence-corrected chi connectivity index (χ4v) is 4.35. The minimum atomic E-state index is -0.439. The first kappa shape index (κ1) is 17.5. The van der Waals surface area contributed by atoms with Gasteiger partial charge in [-0.15, -0.1) is 11.3 Å². The standard InChI is InChI=1S/C19H28N2O2S/c1-12-11-15(20-18(23)19(2,3)4)24-16(12)17(22)21(14-9-10-14)13-7-5-6-8-13/h11,13-14H,5-10H2,1-4H3,(H,20,23). The first-order chi connectivity index (χ1) is 11.3. The third kappa shape index (κ3) is 3.66. The van der Waals surface area contributed by atoms with Crippen molar-refractivity contribution >= 4 is 28.2 Å². The zero-order valence-corrected chi connectivity index (χ0v) is 16.0. The van der Waals surface area contributed by atoms with Crippen LogP contribution in [-0.2, 0) is 4.79 Å². The quantitative estimate of drug-likeness (QED) is 0.865. The van der Waals surface area contributed by atoms with Crippen LogP contribution in [0.5, 0.6) is 0 Å². The van der Waals surface area contributed by atoms with Gasteiger partial charge in [0.2, 0.25) is 5.91 Å². The van der Waals surface area contributed by atoms with Gasteiger partial charge in [-0.25, -0.2) is 0 Å². The van der Waals surface area contributed by atoms with Crippen molar-refractivity contribution in [2.75, 3.05) is 5.32 Å². The Balaban J connectivity index is 1.78. The molecule has 2 saturated carbocycles.